The van der Waals surface area contributed by atoms with Crippen LogP contribution < -0.4 is 5.32 Å². The van der Waals surface area contributed by atoms with Crippen molar-refractivity contribution in [3.8, 4) is 0 Å². The molecule has 1 N–H and O–H groups in total. The number of carbonyl (C=O) groups excluding carboxylic acids is 1. The van der Waals surface area contributed by atoms with Crippen LogP contribution in [0.2, 0.25) is 0 Å². The van der Waals surface area contributed by atoms with Gasteiger partial charge in [-0.05, 0) is 61.5 Å². The summed E-state index contributed by atoms with van der Waals surface area (Å²) in [6.45, 7) is 9.15. The molecule has 1 unspecified atom stereocenters. The third-order valence-corrected chi connectivity index (χ3v) is 5.55. The SMILES string of the molecule is Cc1ccc2c(c1)C(C1CCC(C(C)(C)C)CC1)C(=O)N2. The average Bonchev–Trinajstić information content (AvgIpc) is 2.73. The number of benzene rings is 1. The lowest BCUT2D eigenvalue weighted by molar-refractivity contribution is -0.118. The lowest BCUT2D eigenvalue weighted by Crippen LogP contribution is -2.30. The highest BCUT2D eigenvalue weighted by molar-refractivity contribution is 6.03. The monoisotopic (exact) mass is 285 g/mol. The van der Waals surface area contributed by atoms with E-state index in [-0.39, 0.29) is 11.8 Å². The van der Waals surface area contributed by atoms with Gasteiger partial charge >= 0.3 is 0 Å². The van der Waals surface area contributed by atoms with Gasteiger partial charge in [0.2, 0.25) is 5.91 Å². The van der Waals surface area contributed by atoms with Gasteiger partial charge in [0.1, 0.15) is 0 Å². The van der Waals surface area contributed by atoms with E-state index in [1.807, 2.05) is 0 Å². The predicted octanol–water partition coefficient (Wildman–Crippen LogP) is 4.88. The Balaban J connectivity index is 1.77. The number of anilines is 1. The van der Waals surface area contributed by atoms with Crippen LogP contribution in [0.5, 0.6) is 0 Å². The molecule has 0 radical (unpaired) electrons. The molecule has 0 bridgehead atoms. The Bertz CT molecular complexity index is 547. The van der Waals surface area contributed by atoms with Crippen molar-refractivity contribution in [2.45, 2.75) is 59.3 Å². The summed E-state index contributed by atoms with van der Waals surface area (Å²) in [7, 11) is 0. The standard InChI is InChI=1S/C19H27NO/c1-12-5-10-16-15(11-12)17(18(21)20-16)13-6-8-14(9-7-13)19(2,3)4/h5,10-11,13-14,17H,6-9H2,1-4H3,(H,20,21). The van der Waals surface area contributed by atoms with Gasteiger partial charge in [0.25, 0.3) is 0 Å². The molecule has 1 amide bonds. The molecular weight excluding hydrogens is 258 g/mol. The summed E-state index contributed by atoms with van der Waals surface area (Å²) in [4.78, 5) is 12.4. The van der Waals surface area contributed by atoms with E-state index >= 15 is 0 Å². The second kappa shape index (κ2) is 5.15. The molecule has 1 aromatic carbocycles. The number of rotatable bonds is 1. The van der Waals surface area contributed by atoms with Crippen molar-refractivity contribution in [1.82, 2.24) is 0 Å². The van der Waals surface area contributed by atoms with Crippen molar-refractivity contribution in [3.63, 3.8) is 0 Å². The summed E-state index contributed by atoms with van der Waals surface area (Å²) in [5.74, 6) is 1.62. The highest BCUT2D eigenvalue weighted by Crippen LogP contribution is 2.47. The molecule has 0 saturated heterocycles. The summed E-state index contributed by atoms with van der Waals surface area (Å²) in [5, 5.41) is 3.07. The number of hydrogen-bond acceptors (Lipinski definition) is 1. The van der Waals surface area contributed by atoms with E-state index in [1.165, 1.54) is 36.8 Å². The minimum absolute atomic E-state index is 0.0841. The minimum Gasteiger partial charge on any atom is -0.325 e. The summed E-state index contributed by atoms with van der Waals surface area (Å²) in [5.41, 5.74) is 3.92. The van der Waals surface area contributed by atoms with Gasteiger partial charge in [0.15, 0.2) is 0 Å². The predicted molar refractivity (Wildman–Crippen MR) is 87.5 cm³/mol. The molecule has 114 valence electrons. The van der Waals surface area contributed by atoms with Crippen LogP contribution >= 0.6 is 0 Å². The van der Waals surface area contributed by atoms with E-state index in [0.717, 1.165) is 11.6 Å². The van der Waals surface area contributed by atoms with Crippen LogP contribution in [-0.4, -0.2) is 5.91 Å². The third kappa shape index (κ3) is 2.73. The zero-order chi connectivity index (χ0) is 15.2. The number of amides is 1. The Labute approximate surface area is 128 Å². The molecule has 1 aliphatic heterocycles. The normalized spacial score (nSPS) is 29.1. The molecule has 21 heavy (non-hydrogen) atoms. The van der Waals surface area contributed by atoms with Gasteiger partial charge in [0.05, 0.1) is 5.92 Å². The molecule has 2 aliphatic rings. The summed E-state index contributed by atoms with van der Waals surface area (Å²) in [6.07, 6.45) is 4.90. The van der Waals surface area contributed by atoms with E-state index in [2.05, 4.69) is 51.2 Å². The molecule has 2 heteroatoms. The highest BCUT2D eigenvalue weighted by Gasteiger charge is 2.40. The maximum absolute atomic E-state index is 12.4. The Hall–Kier alpha value is -1.31. The summed E-state index contributed by atoms with van der Waals surface area (Å²) in [6, 6.07) is 6.34. The fourth-order valence-corrected chi connectivity index (χ4v) is 4.19. The van der Waals surface area contributed by atoms with E-state index in [4.69, 9.17) is 0 Å². The second-order valence-electron chi connectivity index (χ2n) is 8.04. The van der Waals surface area contributed by atoms with Crippen molar-refractivity contribution in [2.75, 3.05) is 5.32 Å². The quantitative estimate of drug-likeness (QED) is 0.782. The molecule has 1 aliphatic carbocycles. The van der Waals surface area contributed by atoms with Crippen molar-refractivity contribution in [2.24, 2.45) is 17.3 Å². The van der Waals surface area contributed by atoms with Gasteiger partial charge in [-0.1, -0.05) is 38.5 Å². The summed E-state index contributed by atoms with van der Waals surface area (Å²) >= 11 is 0. The molecular formula is C19H27NO. The number of carbonyl (C=O) groups is 1. The van der Waals surface area contributed by atoms with Crippen LogP contribution in [0.25, 0.3) is 0 Å². The Morgan fingerprint density at radius 1 is 1.10 bits per heavy atom. The van der Waals surface area contributed by atoms with Gasteiger partial charge in [-0.25, -0.2) is 0 Å². The van der Waals surface area contributed by atoms with Gasteiger partial charge < -0.3 is 5.32 Å². The van der Waals surface area contributed by atoms with Crippen molar-refractivity contribution < 1.29 is 4.79 Å². The maximum Gasteiger partial charge on any atom is 0.232 e. The zero-order valence-corrected chi connectivity index (χ0v) is 13.7. The smallest absolute Gasteiger partial charge is 0.232 e. The van der Waals surface area contributed by atoms with Crippen LogP contribution in [0.15, 0.2) is 18.2 Å². The Kier molecular flexibility index (Phi) is 3.59. The van der Waals surface area contributed by atoms with Crippen molar-refractivity contribution >= 4 is 11.6 Å². The first kappa shape index (κ1) is 14.6. The second-order valence-corrected chi connectivity index (χ2v) is 8.04. The largest absolute Gasteiger partial charge is 0.325 e. The fraction of sp³-hybridized carbons (Fsp3) is 0.632. The van der Waals surface area contributed by atoms with Gasteiger partial charge in [-0.3, -0.25) is 4.79 Å². The molecule has 1 heterocycles. The Morgan fingerprint density at radius 3 is 2.38 bits per heavy atom. The molecule has 1 saturated carbocycles. The molecule has 0 spiro atoms. The van der Waals surface area contributed by atoms with Gasteiger partial charge in [-0.15, -0.1) is 0 Å². The van der Waals surface area contributed by atoms with Crippen LogP contribution in [0.3, 0.4) is 0 Å². The minimum atomic E-state index is 0.0841. The number of aryl methyl sites for hydroxylation is 1. The van der Waals surface area contributed by atoms with Crippen molar-refractivity contribution in [3.05, 3.63) is 29.3 Å². The number of hydrogen-bond donors (Lipinski definition) is 1. The molecule has 1 atom stereocenters. The maximum atomic E-state index is 12.4. The molecule has 1 aromatic rings. The fourth-order valence-electron chi connectivity index (χ4n) is 4.19. The lowest BCUT2D eigenvalue weighted by atomic mass is 9.67. The highest BCUT2D eigenvalue weighted by atomic mass is 16.2. The number of fused-ring (bicyclic) bond motifs is 1. The molecule has 3 rings (SSSR count). The topological polar surface area (TPSA) is 29.1 Å². The Morgan fingerprint density at radius 2 is 1.76 bits per heavy atom. The van der Waals surface area contributed by atoms with Gasteiger partial charge in [-0.2, -0.15) is 0 Å². The van der Waals surface area contributed by atoms with Crippen LogP contribution in [0, 0.1) is 24.2 Å². The first-order valence-electron chi connectivity index (χ1n) is 8.27. The van der Waals surface area contributed by atoms with E-state index in [0.29, 0.717) is 11.3 Å². The van der Waals surface area contributed by atoms with E-state index in [9.17, 15) is 4.79 Å². The molecule has 1 fully saturated rings. The number of nitrogens with one attached hydrogen (secondary N) is 1. The first-order valence-corrected chi connectivity index (χ1v) is 8.27. The van der Waals surface area contributed by atoms with Gasteiger partial charge in [0, 0.05) is 5.69 Å². The van der Waals surface area contributed by atoms with Crippen LogP contribution in [0.4, 0.5) is 5.69 Å². The average molecular weight is 285 g/mol. The third-order valence-electron chi connectivity index (χ3n) is 5.55. The molecule has 2 nitrogen and oxygen atoms in total. The first-order chi connectivity index (χ1) is 9.86. The van der Waals surface area contributed by atoms with Crippen molar-refractivity contribution in [1.29, 1.82) is 0 Å². The van der Waals surface area contributed by atoms with Crippen LogP contribution in [-0.2, 0) is 4.79 Å². The van der Waals surface area contributed by atoms with E-state index in [1.54, 1.807) is 0 Å². The van der Waals surface area contributed by atoms with Crippen LogP contribution in [0.1, 0.15) is 63.5 Å². The zero-order valence-electron chi connectivity index (χ0n) is 13.7. The van der Waals surface area contributed by atoms with E-state index < -0.39 is 0 Å². The lowest BCUT2D eigenvalue weighted by Gasteiger charge is -2.38. The molecule has 0 aromatic heterocycles. The summed E-state index contributed by atoms with van der Waals surface area (Å²) < 4.78 is 0.